The molecule has 0 atom stereocenters. The third-order valence-electron chi connectivity index (χ3n) is 1.80. The van der Waals surface area contributed by atoms with Crippen LogP contribution in [0.25, 0.3) is 0 Å². The summed E-state index contributed by atoms with van der Waals surface area (Å²) in [5, 5.41) is 0. The summed E-state index contributed by atoms with van der Waals surface area (Å²) in [6.45, 7) is 3.82. The van der Waals surface area contributed by atoms with Gasteiger partial charge in [0, 0.05) is 17.1 Å². The van der Waals surface area contributed by atoms with Crippen molar-refractivity contribution in [1.82, 2.24) is 9.44 Å². The molecule has 4 nitrogen and oxygen atoms in total. The molecule has 0 radical (unpaired) electrons. The van der Waals surface area contributed by atoms with Gasteiger partial charge in [0.2, 0.25) is 0 Å². The monoisotopic (exact) mass is 306 g/mol. The van der Waals surface area contributed by atoms with Crippen LogP contribution in [0.2, 0.25) is 0 Å². The minimum absolute atomic E-state index is 0.114. The summed E-state index contributed by atoms with van der Waals surface area (Å²) >= 11 is 3.36. The first-order valence-corrected chi connectivity index (χ1v) is 7.18. The zero-order valence-electron chi connectivity index (χ0n) is 9.20. The molecule has 90 valence electrons. The molecular weight excluding hydrogens is 292 g/mol. The van der Waals surface area contributed by atoms with Crippen molar-refractivity contribution >= 4 is 26.1 Å². The second kappa shape index (κ2) is 5.77. The minimum atomic E-state index is -3.42. The molecule has 0 spiro atoms. The molecule has 1 rings (SSSR count). The standard InChI is InChI=1S/C10H15BrN2O2S/c1-8(2)13-16(14,15)12-7-9-5-3-4-6-10(9)11/h3-6,8,12-13H,7H2,1-2H3. The SMILES string of the molecule is CC(C)NS(=O)(=O)NCc1ccccc1Br. The molecule has 6 heteroatoms. The summed E-state index contributed by atoms with van der Waals surface area (Å²) in [7, 11) is -3.42. The smallest absolute Gasteiger partial charge is 0.200 e. The number of rotatable bonds is 5. The third-order valence-corrected chi connectivity index (χ3v) is 3.88. The quantitative estimate of drug-likeness (QED) is 0.871. The summed E-state index contributed by atoms with van der Waals surface area (Å²) < 4.78 is 28.8. The molecule has 0 aromatic heterocycles. The molecule has 0 amide bonds. The maximum atomic E-state index is 11.5. The highest BCUT2D eigenvalue weighted by Gasteiger charge is 2.11. The molecule has 0 aliphatic heterocycles. The van der Waals surface area contributed by atoms with Gasteiger partial charge in [-0.3, -0.25) is 0 Å². The lowest BCUT2D eigenvalue weighted by molar-refractivity contribution is 0.554. The highest BCUT2D eigenvalue weighted by Crippen LogP contribution is 2.15. The summed E-state index contributed by atoms with van der Waals surface area (Å²) in [4.78, 5) is 0. The fraction of sp³-hybridized carbons (Fsp3) is 0.400. The maximum Gasteiger partial charge on any atom is 0.277 e. The second-order valence-electron chi connectivity index (χ2n) is 3.69. The van der Waals surface area contributed by atoms with Crippen molar-refractivity contribution in [3.05, 3.63) is 34.3 Å². The Morgan fingerprint density at radius 3 is 2.50 bits per heavy atom. The Balaban J connectivity index is 2.62. The van der Waals surface area contributed by atoms with Gasteiger partial charge in [-0.15, -0.1) is 0 Å². The number of hydrogen-bond acceptors (Lipinski definition) is 2. The average molecular weight is 307 g/mol. The first kappa shape index (κ1) is 13.6. The van der Waals surface area contributed by atoms with E-state index in [1.165, 1.54) is 0 Å². The lowest BCUT2D eigenvalue weighted by Gasteiger charge is -2.11. The molecular formula is C10H15BrN2O2S. The highest BCUT2D eigenvalue weighted by molar-refractivity contribution is 9.10. The van der Waals surface area contributed by atoms with Crippen LogP contribution < -0.4 is 9.44 Å². The van der Waals surface area contributed by atoms with E-state index in [0.29, 0.717) is 0 Å². The number of halogens is 1. The largest absolute Gasteiger partial charge is 0.277 e. The normalized spacial score (nSPS) is 12.0. The summed E-state index contributed by atoms with van der Waals surface area (Å²) in [6.07, 6.45) is 0. The van der Waals surface area contributed by atoms with Crippen molar-refractivity contribution in [1.29, 1.82) is 0 Å². The lowest BCUT2D eigenvalue weighted by Crippen LogP contribution is -2.39. The zero-order chi connectivity index (χ0) is 12.2. The summed E-state index contributed by atoms with van der Waals surface area (Å²) in [6, 6.07) is 7.37. The van der Waals surface area contributed by atoms with Crippen LogP contribution in [0, 0.1) is 0 Å². The van der Waals surface area contributed by atoms with Crippen LogP contribution in [-0.2, 0) is 16.8 Å². The summed E-state index contributed by atoms with van der Waals surface area (Å²) in [5.74, 6) is 0. The van der Waals surface area contributed by atoms with Crippen LogP contribution >= 0.6 is 15.9 Å². The zero-order valence-corrected chi connectivity index (χ0v) is 11.6. The van der Waals surface area contributed by atoms with Crippen molar-refractivity contribution in [2.24, 2.45) is 0 Å². The van der Waals surface area contributed by atoms with E-state index in [-0.39, 0.29) is 12.6 Å². The number of benzene rings is 1. The van der Waals surface area contributed by atoms with Crippen molar-refractivity contribution in [2.45, 2.75) is 26.4 Å². The molecule has 0 aliphatic carbocycles. The van der Waals surface area contributed by atoms with Gasteiger partial charge in [-0.2, -0.15) is 17.9 Å². The fourth-order valence-electron chi connectivity index (χ4n) is 1.17. The molecule has 0 heterocycles. The number of hydrogen-bond donors (Lipinski definition) is 2. The van der Waals surface area contributed by atoms with E-state index < -0.39 is 10.2 Å². The average Bonchev–Trinajstić information content (AvgIpc) is 2.14. The third kappa shape index (κ3) is 4.61. The van der Waals surface area contributed by atoms with Crippen molar-refractivity contribution in [2.75, 3.05) is 0 Å². The Morgan fingerprint density at radius 2 is 1.94 bits per heavy atom. The van der Waals surface area contributed by atoms with E-state index in [4.69, 9.17) is 0 Å². The number of nitrogens with one attached hydrogen (secondary N) is 2. The van der Waals surface area contributed by atoms with E-state index in [9.17, 15) is 8.42 Å². The molecule has 0 saturated heterocycles. The van der Waals surface area contributed by atoms with Crippen LogP contribution in [0.3, 0.4) is 0 Å². The van der Waals surface area contributed by atoms with Crippen LogP contribution in [0.15, 0.2) is 28.7 Å². The van der Waals surface area contributed by atoms with Gasteiger partial charge in [0.1, 0.15) is 0 Å². The Labute approximate surface area is 105 Å². The molecule has 0 aliphatic rings. The predicted molar refractivity (Wildman–Crippen MR) is 68.2 cm³/mol. The van der Waals surface area contributed by atoms with Gasteiger partial charge < -0.3 is 0 Å². The van der Waals surface area contributed by atoms with Crippen molar-refractivity contribution in [3.63, 3.8) is 0 Å². The van der Waals surface area contributed by atoms with Gasteiger partial charge in [0.05, 0.1) is 0 Å². The highest BCUT2D eigenvalue weighted by atomic mass is 79.9. The minimum Gasteiger partial charge on any atom is -0.200 e. The molecule has 2 N–H and O–H groups in total. The molecule has 1 aromatic rings. The molecule has 0 saturated carbocycles. The topological polar surface area (TPSA) is 58.2 Å². The first-order chi connectivity index (χ1) is 7.41. The Morgan fingerprint density at radius 1 is 1.31 bits per heavy atom. The van der Waals surface area contributed by atoms with Gasteiger partial charge in [0.15, 0.2) is 0 Å². The fourth-order valence-corrected chi connectivity index (χ4v) is 2.64. The van der Waals surface area contributed by atoms with E-state index in [1.807, 2.05) is 24.3 Å². The van der Waals surface area contributed by atoms with Crippen LogP contribution in [0.5, 0.6) is 0 Å². The maximum absolute atomic E-state index is 11.5. The molecule has 0 unspecified atom stereocenters. The molecule has 0 bridgehead atoms. The van der Waals surface area contributed by atoms with E-state index in [0.717, 1.165) is 10.0 Å². The Bertz CT molecular complexity index is 446. The molecule has 1 aromatic carbocycles. The van der Waals surface area contributed by atoms with Crippen LogP contribution in [0.1, 0.15) is 19.4 Å². The van der Waals surface area contributed by atoms with Gasteiger partial charge in [-0.05, 0) is 25.5 Å². The van der Waals surface area contributed by atoms with E-state index >= 15 is 0 Å². The Kier molecular flexibility index (Phi) is 4.91. The van der Waals surface area contributed by atoms with Crippen LogP contribution in [-0.4, -0.2) is 14.5 Å². The van der Waals surface area contributed by atoms with E-state index in [2.05, 4.69) is 25.4 Å². The van der Waals surface area contributed by atoms with Crippen molar-refractivity contribution in [3.8, 4) is 0 Å². The molecule has 16 heavy (non-hydrogen) atoms. The lowest BCUT2D eigenvalue weighted by atomic mass is 10.2. The Hall–Kier alpha value is -0.430. The van der Waals surface area contributed by atoms with Crippen LogP contribution in [0.4, 0.5) is 0 Å². The first-order valence-electron chi connectivity index (χ1n) is 4.91. The van der Waals surface area contributed by atoms with Crippen molar-refractivity contribution < 1.29 is 8.42 Å². The van der Waals surface area contributed by atoms with Gasteiger partial charge >= 0.3 is 0 Å². The second-order valence-corrected chi connectivity index (χ2v) is 6.07. The van der Waals surface area contributed by atoms with Gasteiger partial charge in [0.25, 0.3) is 10.2 Å². The van der Waals surface area contributed by atoms with Gasteiger partial charge in [-0.25, -0.2) is 0 Å². The summed E-state index contributed by atoms with van der Waals surface area (Å²) in [5.41, 5.74) is 0.900. The van der Waals surface area contributed by atoms with Gasteiger partial charge in [-0.1, -0.05) is 34.1 Å². The van der Waals surface area contributed by atoms with E-state index in [1.54, 1.807) is 13.8 Å². The predicted octanol–water partition coefficient (Wildman–Crippen LogP) is 1.78. The molecule has 0 fully saturated rings.